The van der Waals surface area contributed by atoms with E-state index in [4.69, 9.17) is 14.2 Å². The van der Waals surface area contributed by atoms with Gasteiger partial charge in [-0.2, -0.15) is 0 Å². The maximum absolute atomic E-state index is 15.2. The molecule has 49 heavy (non-hydrogen) atoms. The summed E-state index contributed by atoms with van der Waals surface area (Å²) in [5.41, 5.74) is -0.0709. The van der Waals surface area contributed by atoms with E-state index in [-0.39, 0.29) is 43.5 Å². The predicted octanol–water partition coefficient (Wildman–Crippen LogP) is 7.02. The Labute approximate surface area is 288 Å². The third-order valence-corrected chi connectivity index (χ3v) is 9.04. The minimum Gasteiger partial charge on any atom is -0.497 e. The molecule has 3 aromatic rings. The largest absolute Gasteiger partial charge is 0.497 e. The third kappa shape index (κ3) is 8.85. The lowest BCUT2D eigenvalue weighted by Gasteiger charge is -2.45. The quantitative estimate of drug-likeness (QED) is 0.218. The summed E-state index contributed by atoms with van der Waals surface area (Å²) in [6.07, 6.45) is -0.313. The van der Waals surface area contributed by atoms with Crippen LogP contribution in [-0.2, 0) is 9.53 Å². The van der Waals surface area contributed by atoms with Crippen LogP contribution in [0, 0.1) is 30.0 Å². The molecular formula is C39H47FN2O7. The van der Waals surface area contributed by atoms with E-state index in [0.717, 1.165) is 0 Å². The van der Waals surface area contributed by atoms with Gasteiger partial charge in [0.15, 0.2) is 11.6 Å². The molecule has 262 valence electrons. The number of ketones is 2. The fraction of sp³-hybridized carbons (Fsp3) is 0.436. The Morgan fingerprint density at radius 2 is 1.33 bits per heavy atom. The van der Waals surface area contributed by atoms with Gasteiger partial charge in [0.2, 0.25) is 5.91 Å². The Balaban J connectivity index is 1.78. The lowest BCUT2D eigenvalue weighted by molar-refractivity contribution is -0.143. The summed E-state index contributed by atoms with van der Waals surface area (Å²) in [5.74, 6) is -2.91. The van der Waals surface area contributed by atoms with Gasteiger partial charge < -0.3 is 24.4 Å². The molecule has 3 atom stereocenters. The first-order valence-corrected chi connectivity index (χ1v) is 16.4. The molecular weight excluding hydrogens is 627 g/mol. The molecule has 4 rings (SSSR count). The molecule has 0 radical (unpaired) electrons. The highest BCUT2D eigenvalue weighted by Gasteiger charge is 2.48. The number of benzene rings is 3. The second-order valence-corrected chi connectivity index (χ2v) is 14.2. The fourth-order valence-electron chi connectivity index (χ4n) is 6.44. The number of carbonyl (C=O) groups excluding carboxylic acids is 4. The molecule has 1 saturated heterocycles. The molecule has 0 bridgehead atoms. The molecule has 2 amide bonds. The molecule has 1 aliphatic rings. The van der Waals surface area contributed by atoms with Gasteiger partial charge in [0.25, 0.3) is 0 Å². The van der Waals surface area contributed by atoms with Crippen LogP contribution in [-0.4, -0.2) is 67.9 Å². The van der Waals surface area contributed by atoms with Gasteiger partial charge in [-0.3, -0.25) is 14.4 Å². The van der Waals surface area contributed by atoms with E-state index in [1.165, 1.54) is 20.3 Å². The van der Waals surface area contributed by atoms with Crippen molar-refractivity contribution in [3.63, 3.8) is 0 Å². The number of piperidine rings is 1. The minimum atomic E-state index is -0.982. The van der Waals surface area contributed by atoms with Crippen LogP contribution in [0.4, 0.5) is 9.18 Å². The van der Waals surface area contributed by atoms with Crippen molar-refractivity contribution in [3.05, 3.63) is 94.8 Å². The topological polar surface area (TPSA) is 111 Å². The number of Topliss-reactive ketones (excluding diaryl/α,β-unsaturated/α-hetero) is 2. The summed E-state index contributed by atoms with van der Waals surface area (Å²) in [6.45, 7) is 10.7. The second-order valence-electron chi connectivity index (χ2n) is 14.2. The summed E-state index contributed by atoms with van der Waals surface area (Å²) in [7, 11) is 3.01. The fourth-order valence-corrected chi connectivity index (χ4v) is 6.44. The standard InChI is InChI=1S/C39H47FN2O7/c1-24-29(16-11-17-32(24)40)33-30(34(43)25-12-9-14-27(20-25)47-7)22-42(23-31(33)35(44)26-13-10-15-28(21-26)48-8)36(45)39(5,6)18-19-41-37(46)49-38(2,3)4/h9-17,20-21,30-31,33H,18-19,22-23H2,1-8H3,(H,41,46)/t30-,31+,33+. The van der Waals surface area contributed by atoms with Crippen LogP contribution in [0.2, 0.25) is 0 Å². The van der Waals surface area contributed by atoms with Gasteiger partial charge in [0.05, 0.1) is 14.2 Å². The van der Waals surface area contributed by atoms with Crippen molar-refractivity contribution in [1.29, 1.82) is 0 Å². The molecule has 0 saturated carbocycles. The summed E-state index contributed by atoms with van der Waals surface area (Å²) in [6, 6.07) is 18.2. The van der Waals surface area contributed by atoms with E-state index >= 15 is 4.39 Å². The second kappa shape index (κ2) is 15.2. The van der Waals surface area contributed by atoms with Crippen molar-refractivity contribution in [2.45, 2.75) is 59.5 Å². The lowest BCUT2D eigenvalue weighted by atomic mass is 9.67. The zero-order valence-corrected chi connectivity index (χ0v) is 29.6. The van der Waals surface area contributed by atoms with Gasteiger partial charge in [-0.1, -0.05) is 50.2 Å². The van der Waals surface area contributed by atoms with E-state index in [2.05, 4.69) is 5.32 Å². The lowest BCUT2D eigenvalue weighted by Crippen LogP contribution is -2.55. The molecule has 0 aliphatic carbocycles. The van der Waals surface area contributed by atoms with E-state index in [9.17, 15) is 19.2 Å². The number of halogens is 1. The van der Waals surface area contributed by atoms with Crippen LogP contribution < -0.4 is 14.8 Å². The molecule has 9 nitrogen and oxygen atoms in total. The highest BCUT2D eigenvalue weighted by atomic mass is 19.1. The molecule has 1 heterocycles. The predicted molar refractivity (Wildman–Crippen MR) is 185 cm³/mol. The zero-order valence-electron chi connectivity index (χ0n) is 29.6. The van der Waals surface area contributed by atoms with Gasteiger partial charge >= 0.3 is 6.09 Å². The number of nitrogens with one attached hydrogen (secondary N) is 1. The van der Waals surface area contributed by atoms with Crippen LogP contribution in [0.5, 0.6) is 11.5 Å². The van der Waals surface area contributed by atoms with Crippen molar-refractivity contribution < 1.29 is 37.8 Å². The number of rotatable bonds is 11. The Bertz CT molecular complexity index is 1630. The maximum Gasteiger partial charge on any atom is 0.407 e. The van der Waals surface area contributed by atoms with Crippen LogP contribution in [0.15, 0.2) is 66.7 Å². The number of hydrogen-bond donors (Lipinski definition) is 1. The van der Waals surface area contributed by atoms with Gasteiger partial charge in [-0.05, 0) is 75.6 Å². The Morgan fingerprint density at radius 3 is 1.82 bits per heavy atom. The highest BCUT2D eigenvalue weighted by Crippen LogP contribution is 2.44. The molecule has 0 aromatic heterocycles. The number of hydrogen-bond acceptors (Lipinski definition) is 7. The van der Waals surface area contributed by atoms with Crippen molar-refractivity contribution >= 4 is 23.6 Å². The van der Waals surface area contributed by atoms with Crippen molar-refractivity contribution in [1.82, 2.24) is 10.2 Å². The molecule has 1 fully saturated rings. The smallest absolute Gasteiger partial charge is 0.407 e. The third-order valence-electron chi connectivity index (χ3n) is 9.04. The maximum atomic E-state index is 15.2. The monoisotopic (exact) mass is 674 g/mol. The van der Waals surface area contributed by atoms with E-state index in [1.807, 2.05) is 0 Å². The van der Waals surface area contributed by atoms with Gasteiger partial charge in [0, 0.05) is 53.9 Å². The number of alkyl carbamates (subject to hydrolysis) is 1. The summed E-state index contributed by atoms with van der Waals surface area (Å²) in [4.78, 5) is 57.3. The Hall–Kier alpha value is -4.73. The number of amides is 2. The summed E-state index contributed by atoms with van der Waals surface area (Å²) >= 11 is 0. The molecule has 1 aliphatic heterocycles. The average molecular weight is 675 g/mol. The number of likely N-dealkylation sites (tertiary alicyclic amines) is 1. The first-order chi connectivity index (χ1) is 23.1. The minimum absolute atomic E-state index is 0.000309. The van der Waals surface area contributed by atoms with E-state index < -0.39 is 40.7 Å². The molecule has 3 aromatic carbocycles. The van der Waals surface area contributed by atoms with Gasteiger partial charge in [0.1, 0.15) is 22.9 Å². The molecule has 0 spiro atoms. The van der Waals surface area contributed by atoms with Gasteiger partial charge in [-0.15, -0.1) is 0 Å². The van der Waals surface area contributed by atoms with E-state index in [0.29, 0.717) is 33.8 Å². The van der Waals surface area contributed by atoms with Crippen LogP contribution >= 0.6 is 0 Å². The molecule has 10 heteroatoms. The molecule has 1 N–H and O–H groups in total. The number of ether oxygens (including phenoxy) is 3. The summed E-state index contributed by atoms with van der Waals surface area (Å²) in [5, 5.41) is 2.71. The SMILES string of the molecule is COc1cccc(C(=O)[C@H]2CN(C(=O)C(C)(C)CCNC(=O)OC(C)(C)C)C[C@@H](C(=O)c3cccc(OC)c3)[C@@H]2c2cccc(F)c2C)c1. The van der Waals surface area contributed by atoms with Crippen LogP contribution in [0.25, 0.3) is 0 Å². The number of carbonyl (C=O) groups is 4. The van der Waals surface area contributed by atoms with Crippen molar-refractivity contribution in [3.8, 4) is 11.5 Å². The van der Waals surface area contributed by atoms with Crippen LogP contribution in [0.3, 0.4) is 0 Å². The highest BCUT2D eigenvalue weighted by molar-refractivity contribution is 6.03. The Kier molecular flexibility index (Phi) is 11.5. The van der Waals surface area contributed by atoms with Crippen LogP contribution in [0.1, 0.15) is 78.8 Å². The zero-order chi connectivity index (χ0) is 36.1. The van der Waals surface area contributed by atoms with Crippen molar-refractivity contribution in [2.24, 2.45) is 17.3 Å². The Morgan fingerprint density at radius 1 is 0.816 bits per heavy atom. The van der Waals surface area contributed by atoms with Crippen molar-refractivity contribution in [2.75, 3.05) is 33.9 Å². The average Bonchev–Trinajstić information content (AvgIpc) is 3.07. The first-order valence-electron chi connectivity index (χ1n) is 16.4. The van der Waals surface area contributed by atoms with Gasteiger partial charge in [-0.25, -0.2) is 9.18 Å². The first kappa shape index (κ1) is 37.1. The normalized spacial score (nSPS) is 18.0. The summed E-state index contributed by atoms with van der Waals surface area (Å²) < 4.78 is 31.3. The number of nitrogens with zero attached hydrogens (tertiary/aromatic N) is 1. The molecule has 0 unspecified atom stereocenters. The number of methoxy groups -OCH3 is 2. The van der Waals surface area contributed by atoms with E-state index in [1.54, 1.807) is 107 Å².